The van der Waals surface area contributed by atoms with Crippen molar-refractivity contribution in [3.63, 3.8) is 0 Å². The minimum absolute atomic E-state index is 0.143. The summed E-state index contributed by atoms with van der Waals surface area (Å²) >= 11 is 1.89. The summed E-state index contributed by atoms with van der Waals surface area (Å²) in [6, 6.07) is 0.941. The Labute approximate surface area is 257 Å². The molecule has 5 aliphatic rings. The summed E-state index contributed by atoms with van der Waals surface area (Å²) in [5, 5.41) is 12.6. The number of piperidine rings is 3. The first kappa shape index (κ1) is 33.3. The van der Waals surface area contributed by atoms with Crippen LogP contribution in [0.3, 0.4) is 0 Å². The summed E-state index contributed by atoms with van der Waals surface area (Å²) in [5.41, 5.74) is 0.408. The lowest BCUT2D eigenvalue weighted by Crippen LogP contribution is -2.63. The average molecular weight is 617 g/mol. The molecule has 0 aromatic heterocycles. The number of fused-ring (bicyclic) bond motifs is 6. The van der Waals surface area contributed by atoms with Crippen LogP contribution in [-0.2, 0) is 0 Å². The standard InChI is InChI=1S/C32H59F3N6S/c1-30(2,3)26-12-10-24-20-36-42-28-8-6-7-27(39-28)37-25(23-13-16-40(17-14-23)18-15-32(33,34)35)11-9-22-19-31(4,5)41(21-22)29(24)38-26/h22-29,36-39H,6-21H2,1-5H3/t22-,24?,25?,26?,27?,28?,29?/m0/s1. The Morgan fingerprint density at radius 3 is 2.33 bits per heavy atom. The molecule has 6 nitrogen and oxygen atoms in total. The molecular weight excluding hydrogens is 557 g/mol. The fraction of sp³-hybridized carbons (Fsp3) is 1.00. The number of alkyl halides is 3. The van der Waals surface area contributed by atoms with Crippen molar-refractivity contribution in [2.45, 2.75) is 147 Å². The zero-order valence-electron chi connectivity index (χ0n) is 26.9. The lowest BCUT2D eigenvalue weighted by atomic mass is 9.78. The Balaban J connectivity index is 1.29. The zero-order chi connectivity index (χ0) is 30.1. The van der Waals surface area contributed by atoms with E-state index in [2.05, 4.69) is 60.2 Å². The van der Waals surface area contributed by atoms with Gasteiger partial charge in [-0.1, -0.05) is 32.7 Å². The highest BCUT2D eigenvalue weighted by molar-refractivity contribution is 7.98. The number of halogens is 3. The van der Waals surface area contributed by atoms with Gasteiger partial charge in [-0.15, -0.1) is 0 Å². The van der Waals surface area contributed by atoms with Gasteiger partial charge in [-0.25, -0.2) is 0 Å². The summed E-state index contributed by atoms with van der Waals surface area (Å²) in [4.78, 5) is 4.86. The van der Waals surface area contributed by atoms with E-state index in [1.54, 1.807) is 0 Å². The molecule has 5 rings (SSSR count). The molecule has 4 bridgehead atoms. The minimum atomic E-state index is -4.07. The topological polar surface area (TPSA) is 54.6 Å². The van der Waals surface area contributed by atoms with Gasteiger partial charge in [0.25, 0.3) is 0 Å². The maximum absolute atomic E-state index is 12.8. The molecule has 0 aliphatic carbocycles. The maximum Gasteiger partial charge on any atom is 0.390 e. The SMILES string of the molecule is CC(C)(C)C1CCC2CNSC3CCCC(N3)NC(C3CCN(CCC(F)(F)F)CC3)CC[C@@H]3CN(C2N1)C(C)(C)C3. The van der Waals surface area contributed by atoms with E-state index in [0.717, 1.165) is 51.9 Å². The van der Waals surface area contributed by atoms with Gasteiger partial charge < -0.3 is 4.90 Å². The van der Waals surface area contributed by atoms with Gasteiger partial charge in [0, 0.05) is 43.2 Å². The number of nitrogens with zero attached hydrogens (tertiary/aromatic N) is 2. The first-order valence-corrected chi connectivity index (χ1v) is 17.9. The molecule has 8 atom stereocenters. The molecule has 244 valence electrons. The van der Waals surface area contributed by atoms with Crippen molar-refractivity contribution in [3.05, 3.63) is 0 Å². The molecule has 0 radical (unpaired) electrons. The van der Waals surface area contributed by atoms with E-state index in [4.69, 9.17) is 0 Å². The van der Waals surface area contributed by atoms with Crippen LogP contribution in [0, 0.1) is 23.2 Å². The molecule has 0 aromatic carbocycles. The van der Waals surface area contributed by atoms with Crippen LogP contribution in [0.4, 0.5) is 13.2 Å². The number of rotatable bonds is 3. The molecule has 0 saturated carbocycles. The van der Waals surface area contributed by atoms with Crippen molar-refractivity contribution in [2.75, 3.05) is 32.7 Å². The van der Waals surface area contributed by atoms with Crippen molar-refractivity contribution in [3.8, 4) is 0 Å². The second kappa shape index (κ2) is 13.7. The van der Waals surface area contributed by atoms with Crippen molar-refractivity contribution < 1.29 is 13.2 Å². The fourth-order valence-corrected chi connectivity index (χ4v) is 9.70. The maximum atomic E-state index is 12.8. The molecule has 10 heteroatoms. The first-order chi connectivity index (χ1) is 19.8. The summed E-state index contributed by atoms with van der Waals surface area (Å²) < 4.78 is 42.3. The third-order valence-corrected chi connectivity index (χ3v) is 12.2. The van der Waals surface area contributed by atoms with Gasteiger partial charge in [-0.05, 0) is 108 Å². The van der Waals surface area contributed by atoms with E-state index in [1.807, 2.05) is 16.8 Å². The summed E-state index contributed by atoms with van der Waals surface area (Å²) in [6.45, 7) is 15.9. The van der Waals surface area contributed by atoms with Crippen molar-refractivity contribution in [1.82, 2.24) is 30.5 Å². The van der Waals surface area contributed by atoms with Gasteiger partial charge in [0.1, 0.15) is 0 Å². The summed E-state index contributed by atoms with van der Waals surface area (Å²) in [7, 11) is 0. The Bertz CT molecular complexity index is 858. The zero-order valence-corrected chi connectivity index (χ0v) is 27.7. The van der Waals surface area contributed by atoms with Gasteiger partial charge in [-0.3, -0.25) is 25.6 Å². The highest BCUT2D eigenvalue weighted by Gasteiger charge is 2.47. The van der Waals surface area contributed by atoms with Crippen molar-refractivity contribution >= 4 is 11.9 Å². The van der Waals surface area contributed by atoms with E-state index >= 15 is 0 Å². The van der Waals surface area contributed by atoms with Crippen LogP contribution < -0.4 is 20.7 Å². The van der Waals surface area contributed by atoms with Gasteiger partial charge in [0.15, 0.2) is 0 Å². The molecule has 5 aliphatic heterocycles. The summed E-state index contributed by atoms with van der Waals surface area (Å²) in [6.07, 6.45) is 7.56. The van der Waals surface area contributed by atoms with Crippen LogP contribution in [0.2, 0.25) is 0 Å². The van der Waals surface area contributed by atoms with Crippen molar-refractivity contribution in [2.24, 2.45) is 23.2 Å². The Morgan fingerprint density at radius 2 is 1.62 bits per heavy atom. The Morgan fingerprint density at radius 1 is 0.857 bits per heavy atom. The average Bonchev–Trinajstić information content (AvgIpc) is 3.22. The van der Waals surface area contributed by atoms with Crippen LogP contribution in [0.5, 0.6) is 0 Å². The van der Waals surface area contributed by atoms with Crippen LogP contribution >= 0.6 is 11.9 Å². The van der Waals surface area contributed by atoms with E-state index in [0.29, 0.717) is 47.5 Å². The van der Waals surface area contributed by atoms with Gasteiger partial charge in [0.2, 0.25) is 0 Å². The van der Waals surface area contributed by atoms with Crippen LogP contribution in [0.25, 0.3) is 0 Å². The lowest BCUT2D eigenvalue weighted by Gasteiger charge is -2.50. The molecular formula is C32H59F3N6S. The van der Waals surface area contributed by atoms with E-state index in [1.165, 1.54) is 38.5 Å². The predicted molar refractivity (Wildman–Crippen MR) is 168 cm³/mol. The summed E-state index contributed by atoms with van der Waals surface area (Å²) in [5.74, 6) is 1.79. The molecule has 0 amide bonds. The molecule has 5 saturated heterocycles. The monoisotopic (exact) mass is 616 g/mol. The molecule has 7 unspecified atom stereocenters. The highest BCUT2D eigenvalue weighted by Crippen LogP contribution is 2.42. The lowest BCUT2D eigenvalue weighted by molar-refractivity contribution is -0.138. The van der Waals surface area contributed by atoms with Crippen LogP contribution in [-0.4, -0.2) is 84.0 Å². The van der Waals surface area contributed by atoms with Gasteiger partial charge >= 0.3 is 6.18 Å². The second-order valence-corrected chi connectivity index (χ2v) is 17.0. The molecule has 5 heterocycles. The molecule has 0 spiro atoms. The third-order valence-electron chi connectivity index (χ3n) is 11.2. The van der Waals surface area contributed by atoms with Crippen LogP contribution in [0.15, 0.2) is 0 Å². The molecule has 4 N–H and O–H groups in total. The van der Waals surface area contributed by atoms with Gasteiger partial charge in [0.05, 0.1) is 24.1 Å². The number of hydrogen-bond donors (Lipinski definition) is 4. The molecule has 42 heavy (non-hydrogen) atoms. The quantitative estimate of drug-likeness (QED) is 0.295. The first-order valence-electron chi connectivity index (χ1n) is 17.0. The number of likely N-dealkylation sites (tertiary alicyclic amines) is 1. The normalized spacial score (nSPS) is 39.7. The van der Waals surface area contributed by atoms with Crippen LogP contribution in [0.1, 0.15) is 105 Å². The number of hydrogen-bond acceptors (Lipinski definition) is 7. The Kier molecular flexibility index (Phi) is 10.9. The molecule has 0 aromatic rings. The highest BCUT2D eigenvalue weighted by atomic mass is 32.2. The fourth-order valence-electron chi connectivity index (χ4n) is 8.67. The van der Waals surface area contributed by atoms with E-state index < -0.39 is 12.6 Å². The largest absolute Gasteiger partial charge is 0.390 e. The molecule has 5 fully saturated rings. The number of nitrogens with one attached hydrogen (secondary N) is 4. The van der Waals surface area contributed by atoms with E-state index in [9.17, 15) is 13.2 Å². The second-order valence-electron chi connectivity index (χ2n) is 15.9. The predicted octanol–water partition coefficient (Wildman–Crippen LogP) is 5.91. The minimum Gasteiger partial charge on any atom is -0.303 e. The van der Waals surface area contributed by atoms with Gasteiger partial charge in [-0.2, -0.15) is 13.2 Å². The smallest absolute Gasteiger partial charge is 0.303 e. The Hall–Kier alpha value is -0.100. The van der Waals surface area contributed by atoms with Crippen molar-refractivity contribution in [1.29, 1.82) is 0 Å². The third kappa shape index (κ3) is 8.79. The van der Waals surface area contributed by atoms with E-state index in [-0.39, 0.29) is 17.5 Å².